The first-order chi connectivity index (χ1) is 8.85. The number of halogens is 1. The van der Waals surface area contributed by atoms with Crippen LogP contribution in [0.1, 0.15) is 13.3 Å². The number of carbonyl (C=O) groups excluding carboxylic acids is 2. The average Bonchev–Trinajstić information content (AvgIpc) is 2.28. The minimum Gasteiger partial charge on any atom is -0.466 e. The maximum absolute atomic E-state index is 11.9. The Hall–Kier alpha value is -1.21. The van der Waals surface area contributed by atoms with Crippen molar-refractivity contribution in [2.75, 3.05) is 12.4 Å². The molecule has 0 saturated heterocycles. The van der Waals surface area contributed by atoms with Crippen LogP contribution in [0.15, 0.2) is 33.6 Å². The van der Waals surface area contributed by atoms with E-state index in [2.05, 4.69) is 20.7 Å². The van der Waals surface area contributed by atoms with Gasteiger partial charge in [-0.3, -0.25) is 9.59 Å². The predicted octanol–water partition coefficient (Wildman–Crippen LogP) is 1.75. The molecular formula is C12H13BrO5S. The lowest BCUT2D eigenvalue weighted by Gasteiger charge is -2.04. The Morgan fingerprint density at radius 1 is 1.32 bits per heavy atom. The normalized spacial score (nSPS) is 11.1. The van der Waals surface area contributed by atoms with Crippen molar-refractivity contribution in [3.8, 4) is 0 Å². The minimum atomic E-state index is -3.73. The van der Waals surface area contributed by atoms with Crippen LogP contribution in [0.2, 0.25) is 0 Å². The molecular weight excluding hydrogens is 336 g/mol. The second-order valence-corrected chi connectivity index (χ2v) is 6.64. The zero-order valence-electron chi connectivity index (χ0n) is 10.3. The summed E-state index contributed by atoms with van der Waals surface area (Å²) in [5, 5.41) is 0. The summed E-state index contributed by atoms with van der Waals surface area (Å²) in [4.78, 5) is 22.6. The van der Waals surface area contributed by atoms with Gasteiger partial charge < -0.3 is 4.74 Å². The van der Waals surface area contributed by atoms with E-state index in [-0.39, 0.29) is 11.5 Å². The van der Waals surface area contributed by atoms with Crippen LogP contribution in [-0.2, 0) is 24.2 Å². The Morgan fingerprint density at radius 2 is 2.00 bits per heavy atom. The fourth-order valence-electron chi connectivity index (χ4n) is 1.38. The maximum atomic E-state index is 11.9. The topological polar surface area (TPSA) is 77.5 Å². The zero-order chi connectivity index (χ0) is 14.5. The Bertz CT molecular complexity index is 580. The van der Waals surface area contributed by atoms with Crippen LogP contribution in [0.25, 0.3) is 0 Å². The standard InChI is InChI=1S/C12H13BrO5S/c1-2-18-12(15)7-10(14)8-19(16,17)11-5-3-4-9(13)6-11/h3-6H,2,7-8H2,1H3. The van der Waals surface area contributed by atoms with E-state index >= 15 is 0 Å². The van der Waals surface area contributed by atoms with Crippen molar-refractivity contribution >= 4 is 37.5 Å². The van der Waals surface area contributed by atoms with Crippen molar-refractivity contribution in [2.45, 2.75) is 18.2 Å². The highest BCUT2D eigenvalue weighted by Gasteiger charge is 2.21. The van der Waals surface area contributed by atoms with E-state index < -0.39 is 33.8 Å². The fourth-order valence-corrected chi connectivity index (χ4v) is 3.22. The number of carbonyl (C=O) groups is 2. The molecule has 0 fully saturated rings. The molecule has 104 valence electrons. The van der Waals surface area contributed by atoms with Crippen molar-refractivity contribution in [3.05, 3.63) is 28.7 Å². The fraction of sp³-hybridized carbons (Fsp3) is 0.333. The zero-order valence-corrected chi connectivity index (χ0v) is 12.7. The quantitative estimate of drug-likeness (QED) is 0.578. The van der Waals surface area contributed by atoms with Crippen LogP contribution in [0.3, 0.4) is 0 Å². The number of ether oxygens (including phenoxy) is 1. The predicted molar refractivity (Wildman–Crippen MR) is 72.5 cm³/mol. The number of rotatable bonds is 6. The maximum Gasteiger partial charge on any atom is 0.313 e. The van der Waals surface area contributed by atoms with Crippen LogP contribution < -0.4 is 0 Å². The molecule has 0 aliphatic heterocycles. The number of esters is 1. The molecule has 0 heterocycles. The minimum absolute atomic E-state index is 0.0408. The van der Waals surface area contributed by atoms with Crippen LogP contribution in [0, 0.1) is 0 Å². The smallest absolute Gasteiger partial charge is 0.313 e. The first-order valence-corrected chi connectivity index (χ1v) is 7.95. The van der Waals surface area contributed by atoms with Gasteiger partial charge in [0.15, 0.2) is 15.6 Å². The summed E-state index contributed by atoms with van der Waals surface area (Å²) in [5.41, 5.74) is 0. The number of sulfone groups is 1. The molecule has 0 aliphatic carbocycles. The monoisotopic (exact) mass is 348 g/mol. The van der Waals surface area contributed by atoms with Gasteiger partial charge in [0.25, 0.3) is 0 Å². The highest BCUT2D eigenvalue weighted by Crippen LogP contribution is 2.17. The highest BCUT2D eigenvalue weighted by atomic mass is 79.9. The molecule has 0 spiro atoms. The Kier molecular flexibility index (Phi) is 5.68. The molecule has 7 heteroatoms. The lowest BCUT2D eigenvalue weighted by atomic mass is 10.3. The van der Waals surface area contributed by atoms with Gasteiger partial charge in [0.1, 0.15) is 12.2 Å². The number of hydrogen-bond donors (Lipinski definition) is 0. The first-order valence-electron chi connectivity index (χ1n) is 5.51. The van der Waals surface area contributed by atoms with Gasteiger partial charge in [-0.25, -0.2) is 8.42 Å². The van der Waals surface area contributed by atoms with Gasteiger partial charge in [0.2, 0.25) is 0 Å². The molecule has 5 nitrogen and oxygen atoms in total. The summed E-state index contributed by atoms with van der Waals surface area (Å²) >= 11 is 3.16. The van der Waals surface area contributed by atoms with Crippen LogP contribution in [-0.4, -0.2) is 32.5 Å². The SMILES string of the molecule is CCOC(=O)CC(=O)CS(=O)(=O)c1cccc(Br)c1. The number of Topliss-reactive ketones (excluding diaryl/α,β-unsaturated/α-hetero) is 1. The molecule has 0 N–H and O–H groups in total. The summed E-state index contributed by atoms with van der Waals surface area (Å²) < 4.78 is 29.1. The molecule has 0 aliphatic rings. The van der Waals surface area contributed by atoms with Crippen LogP contribution in [0.4, 0.5) is 0 Å². The second kappa shape index (κ2) is 6.81. The molecule has 0 aromatic heterocycles. The molecule has 1 aromatic carbocycles. The lowest BCUT2D eigenvalue weighted by molar-refractivity contribution is -0.145. The molecule has 0 unspecified atom stereocenters. The third-order valence-corrected chi connectivity index (χ3v) is 4.32. The summed E-state index contributed by atoms with van der Waals surface area (Å²) in [6.07, 6.45) is -0.527. The summed E-state index contributed by atoms with van der Waals surface area (Å²) in [5.74, 6) is -2.10. The van der Waals surface area contributed by atoms with Gasteiger partial charge in [-0.15, -0.1) is 0 Å². The van der Waals surface area contributed by atoms with Gasteiger partial charge in [0.05, 0.1) is 11.5 Å². The molecule has 0 radical (unpaired) electrons. The van der Waals surface area contributed by atoms with E-state index in [0.29, 0.717) is 4.47 Å². The van der Waals surface area contributed by atoms with Gasteiger partial charge in [0, 0.05) is 4.47 Å². The Labute approximate surface area is 120 Å². The molecule has 0 saturated carbocycles. The van der Waals surface area contributed by atoms with Gasteiger partial charge in [-0.1, -0.05) is 22.0 Å². The molecule has 1 aromatic rings. The largest absolute Gasteiger partial charge is 0.466 e. The Morgan fingerprint density at radius 3 is 2.58 bits per heavy atom. The van der Waals surface area contributed by atoms with E-state index in [4.69, 9.17) is 0 Å². The molecule has 0 atom stereocenters. The van der Waals surface area contributed by atoms with Gasteiger partial charge >= 0.3 is 5.97 Å². The number of ketones is 1. The van der Waals surface area contributed by atoms with E-state index in [9.17, 15) is 18.0 Å². The molecule has 1 rings (SSSR count). The van der Waals surface area contributed by atoms with Gasteiger partial charge in [-0.2, -0.15) is 0 Å². The third kappa shape index (κ3) is 5.12. The van der Waals surface area contributed by atoms with E-state index in [1.54, 1.807) is 19.1 Å². The number of hydrogen-bond acceptors (Lipinski definition) is 5. The van der Waals surface area contributed by atoms with E-state index in [1.807, 2.05) is 0 Å². The molecule has 19 heavy (non-hydrogen) atoms. The summed E-state index contributed by atoms with van der Waals surface area (Å²) in [6, 6.07) is 6.05. The van der Waals surface area contributed by atoms with E-state index in [0.717, 1.165) is 0 Å². The van der Waals surface area contributed by atoms with Crippen molar-refractivity contribution < 1.29 is 22.7 Å². The van der Waals surface area contributed by atoms with Crippen molar-refractivity contribution in [1.82, 2.24) is 0 Å². The van der Waals surface area contributed by atoms with Crippen molar-refractivity contribution in [3.63, 3.8) is 0 Å². The summed E-state index contributed by atoms with van der Waals surface area (Å²) in [7, 11) is -3.73. The van der Waals surface area contributed by atoms with Crippen LogP contribution in [0.5, 0.6) is 0 Å². The Balaban J connectivity index is 2.75. The first kappa shape index (κ1) is 15.8. The second-order valence-electron chi connectivity index (χ2n) is 3.74. The van der Waals surface area contributed by atoms with Gasteiger partial charge in [-0.05, 0) is 25.1 Å². The van der Waals surface area contributed by atoms with Crippen LogP contribution >= 0.6 is 15.9 Å². The lowest BCUT2D eigenvalue weighted by Crippen LogP contribution is -2.20. The molecule has 0 bridgehead atoms. The summed E-state index contributed by atoms with van der Waals surface area (Å²) in [6.45, 7) is 1.77. The average molecular weight is 349 g/mol. The van der Waals surface area contributed by atoms with Crippen molar-refractivity contribution in [2.24, 2.45) is 0 Å². The number of benzene rings is 1. The molecule has 0 amide bonds. The van der Waals surface area contributed by atoms with E-state index in [1.165, 1.54) is 12.1 Å². The third-order valence-electron chi connectivity index (χ3n) is 2.15. The highest BCUT2D eigenvalue weighted by molar-refractivity contribution is 9.10. The van der Waals surface area contributed by atoms with Crippen molar-refractivity contribution in [1.29, 1.82) is 0 Å².